The highest BCUT2D eigenvalue weighted by atomic mass is 79.9. The molecule has 1 unspecified atom stereocenters. The molecule has 0 bridgehead atoms. The molecule has 1 heterocycles. The fourth-order valence-corrected chi connectivity index (χ4v) is 2.82. The lowest BCUT2D eigenvalue weighted by Gasteiger charge is -2.23. The molecule has 16 heavy (non-hydrogen) atoms. The fraction of sp³-hybridized carbons (Fsp3) is 0.538. The van der Waals surface area contributed by atoms with Crippen LogP contribution in [0.25, 0.3) is 0 Å². The second-order valence-corrected chi connectivity index (χ2v) is 5.34. The molecule has 1 atom stereocenters. The SMILES string of the molecule is CC(O)Cc1c(Br)cccc1N1CCCC1. The Labute approximate surface area is 105 Å². The van der Waals surface area contributed by atoms with E-state index >= 15 is 0 Å². The van der Waals surface area contributed by atoms with Gasteiger partial charge in [-0.15, -0.1) is 0 Å². The molecular formula is C13H18BrNO. The van der Waals surface area contributed by atoms with Gasteiger partial charge in [-0.05, 0) is 37.5 Å². The van der Waals surface area contributed by atoms with Gasteiger partial charge in [0.2, 0.25) is 0 Å². The maximum absolute atomic E-state index is 9.56. The summed E-state index contributed by atoms with van der Waals surface area (Å²) in [6, 6.07) is 6.29. The summed E-state index contributed by atoms with van der Waals surface area (Å²) in [7, 11) is 0. The van der Waals surface area contributed by atoms with E-state index in [1.54, 1.807) is 0 Å². The van der Waals surface area contributed by atoms with E-state index in [9.17, 15) is 5.11 Å². The Morgan fingerprint density at radius 2 is 2.06 bits per heavy atom. The van der Waals surface area contributed by atoms with E-state index in [-0.39, 0.29) is 6.10 Å². The van der Waals surface area contributed by atoms with Crippen LogP contribution in [0.15, 0.2) is 22.7 Å². The number of halogens is 1. The standard InChI is InChI=1S/C13H18BrNO/c1-10(16)9-11-12(14)5-4-6-13(11)15-7-2-3-8-15/h4-6,10,16H,2-3,7-9H2,1H3. The normalized spacial score (nSPS) is 17.8. The molecule has 1 aromatic rings. The highest BCUT2D eigenvalue weighted by Crippen LogP contribution is 2.31. The molecule has 88 valence electrons. The molecular weight excluding hydrogens is 266 g/mol. The van der Waals surface area contributed by atoms with E-state index in [0.29, 0.717) is 6.42 Å². The number of hydrogen-bond donors (Lipinski definition) is 1. The molecule has 0 radical (unpaired) electrons. The minimum Gasteiger partial charge on any atom is -0.393 e. The zero-order valence-electron chi connectivity index (χ0n) is 9.62. The van der Waals surface area contributed by atoms with Crippen molar-refractivity contribution in [3.63, 3.8) is 0 Å². The minimum absolute atomic E-state index is 0.292. The Balaban J connectivity index is 2.31. The third-order valence-electron chi connectivity index (χ3n) is 3.04. The number of aliphatic hydroxyl groups is 1. The monoisotopic (exact) mass is 283 g/mol. The van der Waals surface area contributed by atoms with Gasteiger partial charge in [-0.25, -0.2) is 0 Å². The summed E-state index contributed by atoms with van der Waals surface area (Å²) in [4.78, 5) is 2.42. The van der Waals surface area contributed by atoms with Crippen LogP contribution in [0.3, 0.4) is 0 Å². The fourth-order valence-electron chi connectivity index (χ4n) is 2.30. The van der Waals surface area contributed by atoms with Gasteiger partial charge in [0.25, 0.3) is 0 Å². The average Bonchev–Trinajstić information content (AvgIpc) is 2.73. The van der Waals surface area contributed by atoms with Gasteiger partial charge < -0.3 is 10.0 Å². The van der Waals surface area contributed by atoms with Crippen LogP contribution in [-0.2, 0) is 6.42 Å². The molecule has 0 aromatic heterocycles. The minimum atomic E-state index is -0.292. The van der Waals surface area contributed by atoms with Crippen molar-refractivity contribution in [3.8, 4) is 0 Å². The van der Waals surface area contributed by atoms with Crippen LogP contribution in [0.5, 0.6) is 0 Å². The second-order valence-electron chi connectivity index (χ2n) is 4.48. The van der Waals surface area contributed by atoms with Crippen LogP contribution in [0.4, 0.5) is 5.69 Å². The molecule has 2 nitrogen and oxygen atoms in total. The molecule has 3 heteroatoms. The molecule has 1 fully saturated rings. The van der Waals surface area contributed by atoms with Crippen LogP contribution >= 0.6 is 15.9 Å². The number of nitrogens with zero attached hydrogens (tertiary/aromatic N) is 1. The van der Waals surface area contributed by atoms with Crippen molar-refractivity contribution in [2.75, 3.05) is 18.0 Å². The molecule has 0 saturated carbocycles. The molecule has 1 aromatic carbocycles. The maximum Gasteiger partial charge on any atom is 0.0553 e. The third-order valence-corrected chi connectivity index (χ3v) is 3.78. The highest BCUT2D eigenvalue weighted by Gasteiger charge is 2.17. The largest absolute Gasteiger partial charge is 0.393 e. The predicted molar refractivity (Wildman–Crippen MR) is 71.0 cm³/mol. The first kappa shape index (κ1) is 11.9. The molecule has 0 aliphatic carbocycles. The molecule has 1 aliphatic heterocycles. The van der Waals surface area contributed by atoms with Crippen LogP contribution in [0, 0.1) is 0 Å². The van der Waals surface area contributed by atoms with Crippen LogP contribution in [0.1, 0.15) is 25.3 Å². The van der Waals surface area contributed by atoms with E-state index in [0.717, 1.165) is 17.6 Å². The smallest absolute Gasteiger partial charge is 0.0553 e. The quantitative estimate of drug-likeness (QED) is 0.922. The van der Waals surface area contributed by atoms with Crippen molar-refractivity contribution in [3.05, 3.63) is 28.2 Å². The Morgan fingerprint density at radius 3 is 2.69 bits per heavy atom. The summed E-state index contributed by atoms with van der Waals surface area (Å²) >= 11 is 3.58. The molecule has 0 amide bonds. The van der Waals surface area contributed by atoms with Crippen molar-refractivity contribution >= 4 is 21.6 Å². The number of hydrogen-bond acceptors (Lipinski definition) is 2. The van der Waals surface area contributed by atoms with Gasteiger partial charge in [-0.3, -0.25) is 0 Å². The topological polar surface area (TPSA) is 23.5 Å². The lowest BCUT2D eigenvalue weighted by atomic mass is 10.1. The van der Waals surface area contributed by atoms with Gasteiger partial charge in [0.1, 0.15) is 0 Å². The lowest BCUT2D eigenvalue weighted by molar-refractivity contribution is 0.195. The maximum atomic E-state index is 9.56. The first-order valence-electron chi connectivity index (χ1n) is 5.89. The summed E-state index contributed by atoms with van der Waals surface area (Å²) < 4.78 is 1.11. The van der Waals surface area contributed by atoms with Crippen LogP contribution in [0.2, 0.25) is 0 Å². The Bertz CT molecular complexity index is 359. The van der Waals surface area contributed by atoms with Crippen LogP contribution in [-0.4, -0.2) is 24.3 Å². The van der Waals surface area contributed by atoms with Crippen molar-refractivity contribution in [1.82, 2.24) is 0 Å². The Kier molecular flexibility index (Phi) is 3.87. The van der Waals surface area contributed by atoms with E-state index in [2.05, 4.69) is 39.0 Å². The van der Waals surface area contributed by atoms with E-state index < -0.39 is 0 Å². The van der Waals surface area contributed by atoms with E-state index in [1.807, 2.05) is 6.92 Å². The third kappa shape index (κ3) is 2.58. The summed E-state index contributed by atoms with van der Waals surface area (Å²) in [6.45, 7) is 4.12. The van der Waals surface area contributed by atoms with Gasteiger partial charge in [0, 0.05) is 29.7 Å². The van der Waals surface area contributed by atoms with Gasteiger partial charge in [0.05, 0.1) is 6.10 Å². The van der Waals surface area contributed by atoms with Crippen molar-refractivity contribution in [2.45, 2.75) is 32.3 Å². The van der Waals surface area contributed by atoms with E-state index in [1.165, 1.54) is 24.1 Å². The first-order chi connectivity index (χ1) is 7.68. The summed E-state index contributed by atoms with van der Waals surface area (Å²) in [5.41, 5.74) is 2.52. The zero-order chi connectivity index (χ0) is 11.5. The second kappa shape index (κ2) is 5.19. The number of benzene rings is 1. The van der Waals surface area contributed by atoms with Gasteiger partial charge in [-0.1, -0.05) is 22.0 Å². The van der Waals surface area contributed by atoms with Crippen molar-refractivity contribution in [1.29, 1.82) is 0 Å². The summed E-state index contributed by atoms with van der Waals surface area (Å²) in [5, 5.41) is 9.56. The zero-order valence-corrected chi connectivity index (χ0v) is 11.2. The predicted octanol–water partition coefficient (Wildman–Crippen LogP) is 2.97. The molecule has 2 rings (SSSR count). The van der Waals surface area contributed by atoms with E-state index in [4.69, 9.17) is 0 Å². The Hall–Kier alpha value is -0.540. The summed E-state index contributed by atoms with van der Waals surface area (Å²) in [5.74, 6) is 0. The average molecular weight is 284 g/mol. The number of rotatable bonds is 3. The van der Waals surface area contributed by atoms with Gasteiger partial charge >= 0.3 is 0 Å². The molecule has 0 spiro atoms. The molecule has 1 aliphatic rings. The van der Waals surface area contributed by atoms with Gasteiger partial charge in [-0.2, -0.15) is 0 Å². The number of aliphatic hydroxyl groups excluding tert-OH is 1. The van der Waals surface area contributed by atoms with Crippen molar-refractivity contribution < 1.29 is 5.11 Å². The first-order valence-corrected chi connectivity index (χ1v) is 6.68. The van der Waals surface area contributed by atoms with Crippen LogP contribution < -0.4 is 4.90 Å². The lowest BCUT2D eigenvalue weighted by Crippen LogP contribution is -2.20. The van der Waals surface area contributed by atoms with Crippen molar-refractivity contribution in [2.24, 2.45) is 0 Å². The Morgan fingerprint density at radius 1 is 1.38 bits per heavy atom. The highest BCUT2D eigenvalue weighted by molar-refractivity contribution is 9.10. The number of anilines is 1. The molecule has 1 saturated heterocycles. The molecule has 1 N–H and O–H groups in total. The summed E-state index contributed by atoms with van der Waals surface area (Å²) in [6.07, 6.45) is 2.98. The van der Waals surface area contributed by atoms with Gasteiger partial charge in [0.15, 0.2) is 0 Å².